The van der Waals surface area contributed by atoms with Crippen LogP contribution >= 0.6 is 11.6 Å². The minimum absolute atomic E-state index is 0. The van der Waals surface area contributed by atoms with Crippen LogP contribution < -0.4 is 34.9 Å². The summed E-state index contributed by atoms with van der Waals surface area (Å²) in [4.78, 5) is 0. The minimum atomic E-state index is -0.600. The predicted octanol–water partition coefficient (Wildman–Crippen LogP) is -4.25. The second-order valence-electron chi connectivity index (χ2n) is 3.15. The summed E-state index contributed by atoms with van der Waals surface area (Å²) in [6, 6.07) is 0. The number of hydrogen-bond acceptors (Lipinski definition) is 5. The quantitative estimate of drug-likeness (QED) is 0.171. The molecule has 0 spiro atoms. The first-order valence-corrected chi connectivity index (χ1v) is 5.90. The van der Waals surface area contributed by atoms with Crippen molar-refractivity contribution >= 4 is 11.6 Å². The normalized spacial score (nSPS) is 16.7. The average Bonchev–Trinajstić information content (AvgIpc) is 3.16. The van der Waals surface area contributed by atoms with E-state index >= 15 is 0 Å². The number of aliphatic hydroxyl groups is 3. The molecule has 108 valence electrons. The van der Waals surface area contributed by atoms with Crippen molar-refractivity contribution in [1.29, 1.82) is 0 Å². The third-order valence-corrected chi connectivity index (χ3v) is 1.94. The van der Waals surface area contributed by atoms with Crippen molar-refractivity contribution in [2.45, 2.75) is 25.6 Å². The van der Waals surface area contributed by atoms with Gasteiger partial charge in [-0.15, -0.1) is 11.6 Å². The average molecular weight is 299 g/mol. The van der Waals surface area contributed by atoms with Gasteiger partial charge in [0.05, 0.1) is 31.3 Å². The monoisotopic (exact) mass is 298 g/mol. The summed E-state index contributed by atoms with van der Waals surface area (Å²) in [5.74, 6) is 0.667. The van der Waals surface area contributed by atoms with Gasteiger partial charge in [0, 0.05) is 13.7 Å². The van der Waals surface area contributed by atoms with E-state index in [0.29, 0.717) is 18.5 Å². The number of alkyl halides is 1. The van der Waals surface area contributed by atoms with E-state index in [1.54, 1.807) is 0 Å². The summed E-state index contributed by atoms with van der Waals surface area (Å²) in [5, 5.41) is 27.1. The van der Waals surface area contributed by atoms with Crippen LogP contribution in [0.1, 0.15) is 13.3 Å². The van der Waals surface area contributed by atoms with Gasteiger partial charge in [0.15, 0.2) is 0 Å². The molecule has 2 unspecified atom stereocenters. The summed E-state index contributed by atoms with van der Waals surface area (Å²) in [6.07, 6.45) is 0.853. The third-order valence-electron chi connectivity index (χ3n) is 1.59. The first kappa shape index (κ1) is 27.4. The van der Waals surface area contributed by atoms with Gasteiger partial charge in [0.25, 0.3) is 0 Å². The molecule has 1 aliphatic heterocycles. The Hall–Kier alpha value is 1.05. The number of hydrogen-bond donors (Lipinski definition) is 4. The SMILES string of the molecule is CCCNCC(O)CO.CO.ClCC1CO1.O.[Na+]. The van der Waals surface area contributed by atoms with Crippen molar-refractivity contribution in [2.75, 3.05) is 39.3 Å². The van der Waals surface area contributed by atoms with Crippen LogP contribution in [0.5, 0.6) is 0 Å². The Labute approximate surface area is 136 Å². The second-order valence-corrected chi connectivity index (χ2v) is 3.46. The smallest absolute Gasteiger partial charge is 0.412 e. The molecule has 1 aliphatic rings. The first-order chi connectivity index (χ1) is 7.74. The minimum Gasteiger partial charge on any atom is -0.412 e. The van der Waals surface area contributed by atoms with Crippen molar-refractivity contribution in [3.8, 4) is 0 Å². The van der Waals surface area contributed by atoms with E-state index in [4.69, 9.17) is 31.7 Å². The van der Waals surface area contributed by atoms with Gasteiger partial charge in [-0.3, -0.25) is 0 Å². The Morgan fingerprint density at radius 1 is 1.44 bits per heavy atom. The first-order valence-electron chi connectivity index (χ1n) is 5.36. The molecular weight excluding hydrogens is 273 g/mol. The zero-order valence-corrected chi connectivity index (χ0v) is 14.3. The van der Waals surface area contributed by atoms with Crippen LogP contribution in [-0.2, 0) is 4.74 Å². The van der Waals surface area contributed by atoms with Crippen LogP contribution in [0.4, 0.5) is 0 Å². The molecule has 2 atom stereocenters. The summed E-state index contributed by atoms with van der Waals surface area (Å²) < 4.78 is 4.73. The van der Waals surface area contributed by atoms with Crippen molar-refractivity contribution in [3.05, 3.63) is 0 Å². The van der Waals surface area contributed by atoms with Gasteiger partial charge in [-0.25, -0.2) is 0 Å². The van der Waals surface area contributed by atoms with Gasteiger partial charge in [-0.1, -0.05) is 6.92 Å². The molecule has 1 saturated heterocycles. The van der Waals surface area contributed by atoms with Gasteiger partial charge >= 0.3 is 29.6 Å². The fourth-order valence-electron chi connectivity index (χ4n) is 0.667. The number of aliphatic hydroxyl groups excluding tert-OH is 3. The van der Waals surface area contributed by atoms with Crippen LogP contribution in [0, 0.1) is 0 Å². The van der Waals surface area contributed by atoms with Crippen molar-refractivity contribution in [2.24, 2.45) is 0 Å². The van der Waals surface area contributed by atoms with E-state index in [1.165, 1.54) is 0 Å². The molecule has 0 amide bonds. The maximum absolute atomic E-state index is 8.77. The maximum Gasteiger partial charge on any atom is 1.00 e. The van der Waals surface area contributed by atoms with Crippen LogP contribution in [0.3, 0.4) is 0 Å². The topological polar surface area (TPSA) is 117 Å². The largest absolute Gasteiger partial charge is 1.00 e. The zero-order valence-electron chi connectivity index (χ0n) is 11.5. The standard InChI is InChI=1S/C6H15NO2.C3H5ClO.CH4O.Na.H2O/c1-2-3-7-4-6(9)5-8;4-1-3-2-5-3;1-2;;/h6-9H,2-5H2,1H3;3H,1-2H2;2H,1H3;;1H2/q;;;+1;. The summed E-state index contributed by atoms with van der Waals surface area (Å²) in [7, 11) is 1.00. The molecule has 6 nitrogen and oxygen atoms in total. The number of ether oxygens (including phenoxy) is 1. The summed E-state index contributed by atoms with van der Waals surface area (Å²) in [5.41, 5.74) is 0. The van der Waals surface area contributed by atoms with E-state index in [-0.39, 0.29) is 41.6 Å². The Morgan fingerprint density at radius 3 is 2.17 bits per heavy atom. The van der Waals surface area contributed by atoms with E-state index in [9.17, 15) is 0 Å². The van der Waals surface area contributed by atoms with Gasteiger partial charge < -0.3 is 30.8 Å². The number of halogens is 1. The molecule has 0 bridgehead atoms. The van der Waals surface area contributed by atoms with Gasteiger partial charge in [0.1, 0.15) is 0 Å². The molecule has 0 radical (unpaired) electrons. The molecule has 0 aromatic rings. The number of nitrogens with one attached hydrogen (secondary N) is 1. The maximum atomic E-state index is 8.77. The van der Waals surface area contributed by atoms with Crippen LogP contribution in [0.2, 0.25) is 0 Å². The summed E-state index contributed by atoms with van der Waals surface area (Å²) >= 11 is 5.27. The third kappa shape index (κ3) is 25.8. The molecule has 1 fully saturated rings. The Morgan fingerprint density at radius 2 is 1.94 bits per heavy atom. The van der Waals surface area contributed by atoms with E-state index in [0.717, 1.165) is 26.7 Å². The van der Waals surface area contributed by atoms with Gasteiger partial charge in [0.2, 0.25) is 0 Å². The zero-order chi connectivity index (χ0) is 12.8. The fourth-order valence-corrected chi connectivity index (χ4v) is 0.845. The van der Waals surface area contributed by atoms with Crippen molar-refractivity contribution in [1.82, 2.24) is 5.32 Å². The van der Waals surface area contributed by atoms with E-state index in [1.807, 2.05) is 0 Å². The van der Waals surface area contributed by atoms with Crippen molar-refractivity contribution < 1.29 is 55.1 Å². The molecule has 1 rings (SSSR count). The van der Waals surface area contributed by atoms with E-state index in [2.05, 4.69) is 12.2 Å². The molecule has 1 heterocycles. The van der Waals surface area contributed by atoms with Crippen molar-refractivity contribution in [3.63, 3.8) is 0 Å². The predicted molar refractivity (Wildman–Crippen MR) is 68.5 cm³/mol. The molecular formula is C10H26ClNNaO5+. The molecule has 0 aromatic heterocycles. The molecule has 8 heteroatoms. The van der Waals surface area contributed by atoms with Crippen LogP contribution in [0.15, 0.2) is 0 Å². The Kier molecular flexibility index (Phi) is 35.3. The molecule has 0 aromatic carbocycles. The van der Waals surface area contributed by atoms with E-state index < -0.39 is 6.10 Å². The molecule has 18 heavy (non-hydrogen) atoms. The molecule has 0 aliphatic carbocycles. The van der Waals surface area contributed by atoms with Crippen LogP contribution in [-0.4, -0.2) is 72.3 Å². The molecule has 0 saturated carbocycles. The fraction of sp³-hybridized carbons (Fsp3) is 1.00. The van der Waals surface area contributed by atoms with Crippen LogP contribution in [0.25, 0.3) is 0 Å². The number of rotatable bonds is 6. The Balaban J connectivity index is -0.0000000935. The molecule has 6 N–H and O–H groups in total. The van der Waals surface area contributed by atoms with Gasteiger partial charge in [-0.05, 0) is 13.0 Å². The summed E-state index contributed by atoms with van der Waals surface area (Å²) in [6.45, 7) is 4.17. The second kappa shape index (κ2) is 23.2. The number of epoxide rings is 1. The Bertz CT molecular complexity index is 133. The van der Waals surface area contributed by atoms with Gasteiger partial charge in [-0.2, -0.15) is 0 Å².